The smallest absolute Gasteiger partial charge is 0.178 e. The van der Waals surface area contributed by atoms with Gasteiger partial charge >= 0.3 is 0 Å². The summed E-state index contributed by atoms with van der Waals surface area (Å²) in [7, 11) is 0. The summed E-state index contributed by atoms with van der Waals surface area (Å²) in [6, 6.07) is 3.99. The molecule has 0 amide bonds. The van der Waals surface area contributed by atoms with E-state index in [-0.39, 0.29) is 11.7 Å². The van der Waals surface area contributed by atoms with E-state index >= 15 is 0 Å². The van der Waals surface area contributed by atoms with E-state index in [2.05, 4.69) is 22.0 Å². The molecule has 2 aliphatic rings. The Kier molecular flexibility index (Phi) is 3.27. The van der Waals surface area contributed by atoms with Crippen LogP contribution in [0.4, 0.5) is 5.82 Å². The van der Waals surface area contributed by atoms with Crippen molar-refractivity contribution in [3.8, 4) is 0 Å². The van der Waals surface area contributed by atoms with Crippen LogP contribution in [-0.4, -0.2) is 57.8 Å². The molecule has 7 nitrogen and oxygen atoms in total. The van der Waals surface area contributed by atoms with E-state index in [1.165, 1.54) is 0 Å². The first-order chi connectivity index (χ1) is 10.7. The second kappa shape index (κ2) is 5.17. The standard InChI is InChI=1S/C15H21N5O2/c1-11-9-19(10-15(22-11)5-7-21-8-6-15)14-4-3-13-17-16-12(2)20(13)18-14/h3-4,11H,5-10H2,1-2H3. The molecule has 2 aromatic heterocycles. The van der Waals surface area contributed by atoms with Gasteiger partial charge in [0.15, 0.2) is 11.5 Å². The van der Waals surface area contributed by atoms with Gasteiger partial charge in [-0.05, 0) is 26.0 Å². The molecule has 0 aromatic carbocycles. The van der Waals surface area contributed by atoms with Crippen LogP contribution in [0.25, 0.3) is 5.65 Å². The van der Waals surface area contributed by atoms with Crippen LogP contribution >= 0.6 is 0 Å². The Bertz CT molecular complexity index is 680. The molecule has 1 atom stereocenters. The van der Waals surface area contributed by atoms with Gasteiger partial charge in [-0.3, -0.25) is 0 Å². The number of nitrogens with zero attached hydrogens (tertiary/aromatic N) is 5. The van der Waals surface area contributed by atoms with Gasteiger partial charge in [0.2, 0.25) is 0 Å². The average Bonchev–Trinajstić information content (AvgIpc) is 2.88. The van der Waals surface area contributed by atoms with Gasteiger partial charge in [-0.15, -0.1) is 15.3 Å². The number of morpholine rings is 1. The number of aromatic nitrogens is 4. The molecular formula is C15H21N5O2. The summed E-state index contributed by atoms with van der Waals surface area (Å²) in [5.41, 5.74) is 0.678. The number of rotatable bonds is 1. The molecule has 0 radical (unpaired) electrons. The third-order valence-electron chi connectivity index (χ3n) is 4.54. The summed E-state index contributed by atoms with van der Waals surface area (Å²) in [5.74, 6) is 1.76. The number of fused-ring (bicyclic) bond motifs is 1. The van der Waals surface area contributed by atoms with E-state index in [1.54, 1.807) is 4.52 Å². The fourth-order valence-electron chi connectivity index (χ4n) is 3.47. The van der Waals surface area contributed by atoms with Crippen LogP contribution in [-0.2, 0) is 9.47 Å². The summed E-state index contributed by atoms with van der Waals surface area (Å²) < 4.78 is 13.6. The highest BCUT2D eigenvalue weighted by atomic mass is 16.5. The van der Waals surface area contributed by atoms with Crippen molar-refractivity contribution in [2.45, 2.75) is 38.4 Å². The van der Waals surface area contributed by atoms with Crippen LogP contribution in [0, 0.1) is 6.92 Å². The number of anilines is 1. The monoisotopic (exact) mass is 303 g/mol. The van der Waals surface area contributed by atoms with Gasteiger partial charge in [0, 0.05) is 39.1 Å². The van der Waals surface area contributed by atoms with Crippen LogP contribution in [0.1, 0.15) is 25.6 Å². The molecule has 1 unspecified atom stereocenters. The second-order valence-electron chi connectivity index (χ2n) is 6.31. The van der Waals surface area contributed by atoms with Gasteiger partial charge in [0.05, 0.1) is 11.7 Å². The Morgan fingerprint density at radius 3 is 2.86 bits per heavy atom. The first-order valence-corrected chi connectivity index (χ1v) is 7.85. The summed E-state index contributed by atoms with van der Waals surface area (Å²) in [5, 5.41) is 12.9. The fourth-order valence-corrected chi connectivity index (χ4v) is 3.47. The molecule has 2 fully saturated rings. The van der Waals surface area contributed by atoms with E-state index in [9.17, 15) is 0 Å². The van der Waals surface area contributed by atoms with Crippen LogP contribution in [0.5, 0.6) is 0 Å². The van der Waals surface area contributed by atoms with Crippen LogP contribution in [0.2, 0.25) is 0 Å². The van der Waals surface area contributed by atoms with Crippen molar-refractivity contribution < 1.29 is 9.47 Å². The molecule has 0 N–H and O–H groups in total. The van der Waals surface area contributed by atoms with E-state index in [1.807, 2.05) is 19.1 Å². The maximum atomic E-state index is 6.28. The second-order valence-corrected chi connectivity index (χ2v) is 6.31. The zero-order valence-corrected chi connectivity index (χ0v) is 13.0. The largest absolute Gasteiger partial charge is 0.381 e. The lowest BCUT2D eigenvalue weighted by molar-refractivity contribution is -0.145. The van der Waals surface area contributed by atoms with E-state index in [4.69, 9.17) is 14.6 Å². The topological polar surface area (TPSA) is 64.8 Å². The molecule has 0 aliphatic carbocycles. The number of ether oxygens (including phenoxy) is 2. The third kappa shape index (κ3) is 2.34. The lowest BCUT2D eigenvalue weighted by atomic mass is 9.91. The number of hydrogen-bond acceptors (Lipinski definition) is 6. The van der Waals surface area contributed by atoms with E-state index in [0.717, 1.165) is 56.4 Å². The van der Waals surface area contributed by atoms with Gasteiger partial charge in [-0.2, -0.15) is 4.52 Å². The number of aryl methyl sites for hydroxylation is 1. The van der Waals surface area contributed by atoms with Gasteiger partial charge in [0.1, 0.15) is 5.82 Å². The van der Waals surface area contributed by atoms with Crippen molar-refractivity contribution in [3.05, 3.63) is 18.0 Å². The predicted octanol–water partition coefficient (Wildman–Crippen LogP) is 1.21. The Morgan fingerprint density at radius 1 is 1.23 bits per heavy atom. The van der Waals surface area contributed by atoms with Gasteiger partial charge in [0.25, 0.3) is 0 Å². The molecule has 4 rings (SSSR count). The molecule has 0 saturated carbocycles. The average molecular weight is 303 g/mol. The third-order valence-corrected chi connectivity index (χ3v) is 4.54. The molecule has 2 aromatic rings. The highest BCUT2D eigenvalue weighted by Gasteiger charge is 2.41. The Morgan fingerprint density at radius 2 is 2.05 bits per heavy atom. The van der Waals surface area contributed by atoms with Crippen molar-refractivity contribution >= 4 is 11.5 Å². The molecule has 22 heavy (non-hydrogen) atoms. The molecule has 2 aliphatic heterocycles. The van der Waals surface area contributed by atoms with Crippen LogP contribution < -0.4 is 4.90 Å². The molecule has 0 bridgehead atoms. The quantitative estimate of drug-likeness (QED) is 0.789. The van der Waals surface area contributed by atoms with Gasteiger partial charge in [-0.1, -0.05) is 0 Å². The SMILES string of the molecule is Cc1nnc2ccc(N3CC(C)OC4(CCOCC4)C3)nn12. The highest BCUT2D eigenvalue weighted by molar-refractivity contribution is 5.46. The fraction of sp³-hybridized carbons (Fsp3) is 0.667. The minimum absolute atomic E-state index is 0.102. The summed E-state index contributed by atoms with van der Waals surface area (Å²) in [6.07, 6.45) is 2.08. The molecule has 7 heteroatoms. The van der Waals surface area contributed by atoms with Crippen molar-refractivity contribution in [3.63, 3.8) is 0 Å². The van der Waals surface area contributed by atoms with Crippen molar-refractivity contribution in [1.82, 2.24) is 19.8 Å². The van der Waals surface area contributed by atoms with Gasteiger partial charge in [-0.25, -0.2) is 0 Å². The molecule has 1 spiro atoms. The summed E-state index contributed by atoms with van der Waals surface area (Å²) >= 11 is 0. The van der Waals surface area contributed by atoms with E-state index in [0.29, 0.717) is 0 Å². The maximum Gasteiger partial charge on any atom is 0.178 e. The Hall–Kier alpha value is -1.73. The van der Waals surface area contributed by atoms with Crippen molar-refractivity contribution in [2.24, 2.45) is 0 Å². The number of hydrogen-bond donors (Lipinski definition) is 0. The first kappa shape index (κ1) is 13.9. The minimum atomic E-state index is -0.102. The zero-order valence-electron chi connectivity index (χ0n) is 13.0. The summed E-state index contributed by atoms with van der Waals surface area (Å²) in [4.78, 5) is 2.32. The maximum absolute atomic E-state index is 6.28. The lowest BCUT2D eigenvalue weighted by Gasteiger charge is -2.47. The lowest BCUT2D eigenvalue weighted by Crippen LogP contribution is -2.57. The molecule has 4 heterocycles. The zero-order chi connectivity index (χ0) is 15.2. The Balaban J connectivity index is 1.65. The Labute approximate surface area is 129 Å². The van der Waals surface area contributed by atoms with Crippen LogP contribution in [0.15, 0.2) is 12.1 Å². The molecular weight excluding hydrogens is 282 g/mol. The minimum Gasteiger partial charge on any atom is -0.381 e. The van der Waals surface area contributed by atoms with Crippen LogP contribution in [0.3, 0.4) is 0 Å². The first-order valence-electron chi connectivity index (χ1n) is 7.85. The summed E-state index contributed by atoms with van der Waals surface area (Å²) in [6.45, 7) is 7.31. The van der Waals surface area contributed by atoms with Crippen molar-refractivity contribution in [1.29, 1.82) is 0 Å². The van der Waals surface area contributed by atoms with E-state index < -0.39 is 0 Å². The predicted molar refractivity (Wildman–Crippen MR) is 81.1 cm³/mol. The molecule has 2 saturated heterocycles. The normalized spacial score (nSPS) is 25.0. The molecule has 118 valence electrons. The van der Waals surface area contributed by atoms with Gasteiger partial charge < -0.3 is 14.4 Å². The van der Waals surface area contributed by atoms with Crippen molar-refractivity contribution in [2.75, 3.05) is 31.2 Å². The highest BCUT2D eigenvalue weighted by Crippen LogP contribution is 2.33.